The third-order valence-electron chi connectivity index (χ3n) is 7.91. The van der Waals surface area contributed by atoms with E-state index in [1.165, 1.54) is 60.8 Å². The molecule has 1 saturated carbocycles. The standard InChI is InChI=1S/C34H42/c1-3-4-6-9-28-18-22-33(23-19-28)34-24-20-30(21-25-34)13-12-29-14-16-31(17-15-29)26-27(2)32-10-7-5-8-11-32/h3-5,7-8,10-11,14-19,22-23,27,30,34H,6,9,12-13,20-21,24-26H2,1-2H3/t27-,30?,34?/m1/s1. The molecular weight excluding hydrogens is 408 g/mol. The first-order valence-electron chi connectivity index (χ1n) is 13.5. The van der Waals surface area contributed by atoms with Crippen LogP contribution in [0.3, 0.4) is 0 Å². The molecule has 1 fully saturated rings. The number of hydrogen-bond acceptors (Lipinski definition) is 0. The maximum absolute atomic E-state index is 2.40. The van der Waals surface area contributed by atoms with Gasteiger partial charge >= 0.3 is 0 Å². The van der Waals surface area contributed by atoms with E-state index in [2.05, 4.69) is 105 Å². The Kier molecular flexibility index (Phi) is 9.19. The fourth-order valence-corrected chi connectivity index (χ4v) is 5.62. The SMILES string of the molecule is CC=CCCc1ccc(C2CCC(CCc3ccc(C[C@@H](C)c4ccccc4)cc3)CC2)cc1. The molecule has 0 aromatic heterocycles. The molecule has 0 amide bonds. The van der Waals surface area contributed by atoms with E-state index < -0.39 is 0 Å². The molecule has 0 nitrogen and oxygen atoms in total. The van der Waals surface area contributed by atoms with Crippen LogP contribution in [0.15, 0.2) is 91.0 Å². The summed E-state index contributed by atoms with van der Waals surface area (Å²) >= 11 is 0. The zero-order chi connectivity index (χ0) is 23.6. The van der Waals surface area contributed by atoms with Gasteiger partial charge in [0.05, 0.1) is 0 Å². The molecule has 0 spiro atoms. The molecule has 0 radical (unpaired) electrons. The van der Waals surface area contributed by atoms with Crippen molar-refractivity contribution in [2.45, 2.75) is 83.5 Å². The smallest absolute Gasteiger partial charge is 0.0150 e. The van der Waals surface area contributed by atoms with Gasteiger partial charge in [-0.05, 0) is 110 Å². The quantitative estimate of drug-likeness (QED) is 0.270. The number of rotatable bonds is 10. The van der Waals surface area contributed by atoms with Gasteiger partial charge in [0.2, 0.25) is 0 Å². The largest absolute Gasteiger partial charge is 0.0917 e. The summed E-state index contributed by atoms with van der Waals surface area (Å²) in [6.45, 7) is 4.43. The second-order valence-electron chi connectivity index (χ2n) is 10.4. The summed E-state index contributed by atoms with van der Waals surface area (Å²) in [4.78, 5) is 0. The van der Waals surface area contributed by atoms with Gasteiger partial charge in [-0.15, -0.1) is 0 Å². The second-order valence-corrected chi connectivity index (χ2v) is 10.4. The van der Waals surface area contributed by atoms with Gasteiger partial charge in [-0.2, -0.15) is 0 Å². The molecule has 0 unspecified atom stereocenters. The summed E-state index contributed by atoms with van der Waals surface area (Å²) in [5, 5.41) is 0. The number of benzene rings is 3. The van der Waals surface area contributed by atoms with Crippen molar-refractivity contribution in [3.8, 4) is 0 Å². The van der Waals surface area contributed by atoms with E-state index in [9.17, 15) is 0 Å². The Bertz CT molecular complexity index is 986. The lowest BCUT2D eigenvalue weighted by Crippen LogP contribution is -2.14. The minimum absolute atomic E-state index is 0.566. The van der Waals surface area contributed by atoms with Crippen LogP contribution in [0.2, 0.25) is 0 Å². The molecule has 0 heteroatoms. The third kappa shape index (κ3) is 7.20. The van der Waals surface area contributed by atoms with Gasteiger partial charge in [-0.25, -0.2) is 0 Å². The molecule has 3 aromatic rings. The average Bonchev–Trinajstić information content (AvgIpc) is 2.90. The predicted molar refractivity (Wildman–Crippen MR) is 148 cm³/mol. The van der Waals surface area contributed by atoms with E-state index in [1.54, 1.807) is 5.56 Å². The monoisotopic (exact) mass is 450 g/mol. The van der Waals surface area contributed by atoms with Gasteiger partial charge in [0.1, 0.15) is 0 Å². The summed E-state index contributed by atoms with van der Waals surface area (Å²) in [6, 6.07) is 29.8. The molecule has 0 heterocycles. The minimum atomic E-state index is 0.566. The maximum atomic E-state index is 2.40. The Hall–Kier alpha value is -2.60. The van der Waals surface area contributed by atoms with Crippen LogP contribution in [0.4, 0.5) is 0 Å². The molecule has 4 rings (SSSR count). The van der Waals surface area contributed by atoms with Gasteiger partial charge < -0.3 is 0 Å². The second kappa shape index (κ2) is 12.7. The van der Waals surface area contributed by atoms with Crippen LogP contribution in [-0.2, 0) is 19.3 Å². The fraction of sp³-hybridized carbons (Fsp3) is 0.412. The van der Waals surface area contributed by atoms with Crippen LogP contribution in [-0.4, -0.2) is 0 Å². The molecule has 1 atom stereocenters. The normalized spacial score (nSPS) is 19.4. The van der Waals surface area contributed by atoms with Crippen LogP contribution in [0.5, 0.6) is 0 Å². The van der Waals surface area contributed by atoms with Crippen LogP contribution < -0.4 is 0 Å². The lowest BCUT2D eigenvalue weighted by Gasteiger charge is -2.29. The highest BCUT2D eigenvalue weighted by Crippen LogP contribution is 2.37. The Balaban J connectivity index is 1.19. The Morgan fingerprint density at radius 1 is 0.735 bits per heavy atom. The maximum Gasteiger partial charge on any atom is -0.0150 e. The molecule has 1 aliphatic carbocycles. The van der Waals surface area contributed by atoms with E-state index in [0.29, 0.717) is 5.92 Å². The van der Waals surface area contributed by atoms with Crippen molar-refractivity contribution in [3.63, 3.8) is 0 Å². The van der Waals surface area contributed by atoms with Crippen molar-refractivity contribution in [1.82, 2.24) is 0 Å². The van der Waals surface area contributed by atoms with E-state index in [0.717, 1.165) is 31.1 Å². The van der Waals surface area contributed by atoms with E-state index in [4.69, 9.17) is 0 Å². The van der Waals surface area contributed by atoms with E-state index in [-0.39, 0.29) is 0 Å². The first kappa shape index (κ1) is 24.5. The van der Waals surface area contributed by atoms with Crippen LogP contribution in [0.25, 0.3) is 0 Å². The van der Waals surface area contributed by atoms with Crippen molar-refractivity contribution in [3.05, 3.63) is 119 Å². The van der Waals surface area contributed by atoms with Crippen molar-refractivity contribution in [2.75, 3.05) is 0 Å². The van der Waals surface area contributed by atoms with Gasteiger partial charge in [0.25, 0.3) is 0 Å². The number of hydrogen-bond donors (Lipinski definition) is 0. The predicted octanol–water partition coefficient (Wildman–Crippen LogP) is 9.45. The lowest BCUT2D eigenvalue weighted by atomic mass is 9.76. The minimum Gasteiger partial charge on any atom is -0.0917 e. The highest BCUT2D eigenvalue weighted by Gasteiger charge is 2.22. The Morgan fingerprint density at radius 2 is 1.35 bits per heavy atom. The summed E-state index contributed by atoms with van der Waals surface area (Å²) < 4.78 is 0. The molecule has 178 valence electrons. The van der Waals surface area contributed by atoms with Crippen LogP contribution in [0, 0.1) is 5.92 Å². The summed E-state index contributed by atoms with van der Waals surface area (Å²) in [6.07, 6.45) is 15.9. The molecule has 0 aliphatic heterocycles. The molecule has 34 heavy (non-hydrogen) atoms. The van der Waals surface area contributed by atoms with Crippen molar-refractivity contribution >= 4 is 0 Å². The molecule has 0 saturated heterocycles. The highest BCUT2D eigenvalue weighted by molar-refractivity contribution is 5.28. The van der Waals surface area contributed by atoms with Crippen LogP contribution in [0.1, 0.15) is 92.0 Å². The van der Waals surface area contributed by atoms with Gasteiger partial charge in [-0.1, -0.05) is 97.9 Å². The molecule has 1 aliphatic rings. The van der Waals surface area contributed by atoms with Crippen molar-refractivity contribution in [2.24, 2.45) is 5.92 Å². The van der Waals surface area contributed by atoms with Crippen molar-refractivity contribution < 1.29 is 0 Å². The van der Waals surface area contributed by atoms with E-state index in [1.807, 2.05) is 0 Å². The molecule has 0 bridgehead atoms. The fourth-order valence-electron chi connectivity index (χ4n) is 5.62. The molecule has 3 aromatic carbocycles. The zero-order valence-electron chi connectivity index (χ0n) is 21.3. The topological polar surface area (TPSA) is 0 Å². The van der Waals surface area contributed by atoms with Crippen LogP contribution >= 0.6 is 0 Å². The third-order valence-corrected chi connectivity index (χ3v) is 7.91. The molecular formula is C34H42. The summed E-state index contributed by atoms with van der Waals surface area (Å²) in [5.41, 5.74) is 7.42. The van der Waals surface area contributed by atoms with Crippen molar-refractivity contribution in [1.29, 1.82) is 0 Å². The highest BCUT2D eigenvalue weighted by atomic mass is 14.3. The summed E-state index contributed by atoms with van der Waals surface area (Å²) in [5.74, 6) is 2.23. The number of aryl methyl sites for hydroxylation is 2. The van der Waals surface area contributed by atoms with E-state index >= 15 is 0 Å². The first-order valence-corrected chi connectivity index (χ1v) is 13.5. The number of allylic oxidation sites excluding steroid dienone is 2. The average molecular weight is 451 g/mol. The Labute approximate surface area is 208 Å². The lowest BCUT2D eigenvalue weighted by molar-refractivity contribution is 0.310. The Morgan fingerprint density at radius 3 is 2.03 bits per heavy atom. The summed E-state index contributed by atoms with van der Waals surface area (Å²) in [7, 11) is 0. The van der Waals surface area contributed by atoms with Gasteiger partial charge in [0.15, 0.2) is 0 Å². The first-order chi connectivity index (χ1) is 16.7. The zero-order valence-corrected chi connectivity index (χ0v) is 21.3. The van der Waals surface area contributed by atoms with Gasteiger partial charge in [-0.3, -0.25) is 0 Å². The molecule has 0 N–H and O–H groups in total. The van der Waals surface area contributed by atoms with Gasteiger partial charge in [0, 0.05) is 0 Å².